The first-order valence-corrected chi connectivity index (χ1v) is 3.42. The van der Waals surface area contributed by atoms with Gasteiger partial charge in [0.1, 0.15) is 0 Å². The molecule has 0 amide bonds. The summed E-state index contributed by atoms with van der Waals surface area (Å²) in [5, 5.41) is 0. The van der Waals surface area contributed by atoms with Crippen LogP contribution in [0.25, 0.3) is 0 Å². The van der Waals surface area contributed by atoms with E-state index in [1.54, 1.807) is 0 Å². The molecule has 0 heterocycles. The highest BCUT2D eigenvalue weighted by Crippen LogP contribution is 2.14. The third-order valence-electron chi connectivity index (χ3n) is 0.357. The molecule has 0 fully saturated rings. The Morgan fingerprint density at radius 2 is 1.82 bits per heavy atom. The quantitative estimate of drug-likeness (QED) is 0.399. The summed E-state index contributed by atoms with van der Waals surface area (Å²) < 4.78 is 63.1. The smallest absolute Gasteiger partial charge is 0.262 e. The van der Waals surface area contributed by atoms with Gasteiger partial charge in [0.05, 0.1) is 0 Å². The van der Waals surface area contributed by atoms with Gasteiger partial charge in [-0.1, -0.05) is 4.33 Å². The highest BCUT2D eigenvalue weighted by Gasteiger charge is 2.29. The lowest BCUT2D eigenvalue weighted by Crippen LogP contribution is -2.18. The van der Waals surface area contributed by atoms with Crippen LogP contribution in [0.15, 0.2) is 0 Å². The lowest BCUT2D eigenvalue weighted by atomic mass is 10.7. The predicted molar refractivity (Wildman–Crippen MR) is 24.6 cm³/mol. The molecule has 0 atom stereocenters. The van der Waals surface area contributed by atoms with E-state index in [-0.39, 0.29) is 0 Å². The summed E-state index contributed by atoms with van der Waals surface area (Å²) in [6, 6.07) is 0. The molecule has 68 valence electrons. The van der Waals surface area contributed by atoms with Crippen LogP contribution in [0.4, 0.5) is 13.2 Å². The molecular weight excluding hydrogens is 193 g/mol. The van der Waals surface area contributed by atoms with Gasteiger partial charge < -0.3 is 0 Å². The largest absolute Gasteiger partial charge is 0.424 e. The molecule has 0 aromatic heterocycles. The third kappa shape index (κ3) is 9.62. The van der Waals surface area contributed by atoms with Crippen molar-refractivity contribution < 1.29 is 35.4 Å². The molecule has 0 aromatic carbocycles. The number of hydrogen-bond donors (Lipinski definition) is 1. The van der Waals surface area contributed by atoms with Gasteiger partial charge >= 0.3 is 16.6 Å². The first-order valence-electron chi connectivity index (χ1n) is 2.06. The summed E-state index contributed by atoms with van der Waals surface area (Å²) in [7, 11) is -4.97. The zero-order chi connectivity index (χ0) is 9.12. The van der Waals surface area contributed by atoms with E-state index in [2.05, 4.69) is 9.22 Å². The molecule has 0 saturated carbocycles. The minimum absolute atomic E-state index is 1.91. The van der Waals surface area contributed by atoms with E-state index < -0.39 is 23.2 Å². The number of rotatable bonds is 3. The second-order valence-electron chi connectivity index (χ2n) is 1.37. The molecule has 0 radical (unpaired) electrons. The molecule has 0 aliphatic carbocycles. The van der Waals surface area contributed by atoms with E-state index in [0.717, 1.165) is 0 Å². The molecule has 5 nitrogen and oxygen atoms in total. The van der Waals surface area contributed by atoms with Gasteiger partial charge in [-0.2, -0.15) is 21.6 Å². The van der Waals surface area contributed by atoms with Crippen molar-refractivity contribution in [1.82, 2.24) is 0 Å². The molecule has 0 bridgehead atoms. The van der Waals surface area contributed by atoms with E-state index in [1.807, 2.05) is 0 Å². The SMILES string of the molecule is O=S(=O)(O)OOCC(F)(F)F. The number of alkyl halides is 3. The van der Waals surface area contributed by atoms with Crippen molar-refractivity contribution in [3.05, 3.63) is 0 Å². The topological polar surface area (TPSA) is 72.8 Å². The van der Waals surface area contributed by atoms with Crippen molar-refractivity contribution in [3.63, 3.8) is 0 Å². The maximum atomic E-state index is 11.1. The number of hydrogen-bond acceptors (Lipinski definition) is 4. The van der Waals surface area contributed by atoms with Gasteiger partial charge in [-0.15, -0.1) is 0 Å². The summed E-state index contributed by atoms with van der Waals surface area (Å²) in [4.78, 5) is 3.10. The van der Waals surface area contributed by atoms with E-state index >= 15 is 0 Å². The van der Waals surface area contributed by atoms with Crippen LogP contribution in [0, 0.1) is 0 Å². The van der Waals surface area contributed by atoms with Gasteiger partial charge in [-0.05, 0) is 0 Å². The van der Waals surface area contributed by atoms with Crippen molar-refractivity contribution in [2.45, 2.75) is 6.18 Å². The molecule has 0 spiro atoms. The standard InChI is InChI=1S/C2H3F3O5S/c3-2(4,5)1-9-10-11(6,7)8/h1H2,(H,6,7,8). The van der Waals surface area contributed by atoms with Crippen molar-refractivity contribution in [3.8, 4) is 0 Å². The highest BCUT2D eigenvalue weighted by molar-refractivity contribution is 7.80. The van der Waals surface area contributed by atoms with Crippen molar-refractivity contribution >= 4 is 10.4 Å². The van der Waals surface area contributed by atoms with Crippen LogP contribution in [0.2, 0.25) is 0 Å². The molecule has 11 heavy (non-hydrogen) atoms. The van der Waals surface area contributed by atoms with Crippen LogP contribution >= 0.6 is 0 Å². The highest BCUT2D eigenvalue weighted by atomic mass is 32.3. The average Bonchev–Trinajstić information content (AvgIpc) is 1.55. The van der Waals surface area contributed by atoms with Crippen LogP contribution in [-0.4, -0.2) is 25.8 Å². The molecular formula is C2H3F3O5S. The monoisotopic (exact) mass is 196 g/mol. The van der Waals surface area contributed by atoms with Crippen molar-refractivity contribution in [2.75, 3.05) is 6.61 Å². The first-order chi connectivity index (χ1) is 4.71. The molecule has 1 N–H and O–H groups in total. The Balaban J connectivity index is 3.61. The van der Waals surface area contributed by atoms with Gasteiger partial charge in [0, 0.05) is 0 Å². The van der Waals surface area contributed by atoms with Crippen LogP contribution in [-0.2, 0) is 19.6 Å². The second-order valence-corrected chi connectivity index (χ2v) is 2.36. The van der Waals surface area contributed by atoms with Crippen LogP contribution < -0.4 is 0 Å². The minimum Gasteiger partial charge on any atom is -0.262 e. The first kappa shape index (κ1) is 10.6. The second kappa shape index (κ2) is 3.34. The van der Waals surface area contributed by atoms with Crippen molar-refractivity contribution in [1.29, 1.82) is 0 Å². The van der Waals surface area contributed by atoms with Gasteiger partial charge in [-0.25, -0.2) is 4.89 Å². The van der Waals surface area contributed by atoms with Gasteiger partial charge in [0.2, 0.25) is 0 Å². The minimum atomic E-state index is -4.97. The lowest BCUT2D eigenvalue weighted by Gasteiger charge is -2.03. The van der Waals surface area contributed by atoms with Crippen LogP contribution in [0.5, 0.6) is 0 Å². The van der Waals surface area contributed by atoms with E-state index in [1.165, 1.54) is 0 Å². The number of halogens is 3. The fraction of sp³-hybridized carbons (Fsp3) is 1.00. The fourth-order valence-corrected chi connectivity index (χ4v) is 0.321. The van der Waals surface area contributed by atoms with Crippen LogP contribution in [0.3, 0.4) is 0 Å². The van der Waals surface area contributed by atoms with Crippen molar-refractivity contribution in [2.24, 2.45) is 0 Å². The fourth-order valence-electron chi connectivity index (χ4n) is 0.152. The summed E-state index contributed by atoms with van der Waals surface area (Å²) in [5.74, 6) is 0. The molecule has 0 rings (SSSR count). The van der Waals surface area contributed by atoms with Gasteiger partial charge in [-0.3, -0.25) is 4.55 Å². The average molecular weight is 196 g/mol. The Morgan fingerprint density at radius 3 is 2.09 bits per heavy atom. The van der Waals surface area contributed by atoms with Crippen LogP contribution in [0.1, 0.15) is 0 Å². The normalized spacial score (nSPS) is 13.5. The molecule has 0 aromatic rings. The maximum absolute atomic E-state index is 11.1. The molecule has 0 aliphatic heterocycles. The molecule has 9 heteroatoms. The summed E-state index contributed by atoms with van der Waals surface area (Å²) >= 11 is 0. The zero-order valence-electron chi connectivity index (χ0n) is 4.83. The van der Waals surface area contributed by atoms with E-state index in [0.29, 0.717) is 0 Å². The summed E-state index contributed by atoms with van der Waals surface area (Å²) in [6.07, 6.45) is -4.70. The molecule has 0 saturated heterocycles. The Morgan fingerprint density at radius 1 is 1.36 bits per heavy atom. The Kier molecular flexibility index (Phi) is 3.23. The van der Waals surface area contributed by atoms with Gasteiger partial charge in [0.15, 0.2) is 6.61 Å². The van der Waals surface area contributed by atoms with E-state index in [4.69, 9.17) is 4.55 Å². The predicted octanol–water partition coefficient (Wildman–Crippen LogP) is 0.300. The Hall–Kier alpha value is -0.380. The lowest BCUT2D eigenvalue weighted by molar-refractivity contribution is -0.283. The summed E-state index contributed by atoms with van der Waals surface area (Å²) in [5.41, 5.74) is 0. The maximum Gasteiger partial charge on any atom is 0.424 e. The molecule has 0 aliphatic rings. The summed E-state index contributed by atoms with van der Waals surface area (Å²) in [6.45, 7) is -1.91. The third-order valence-corrected chi connectivity index (χ3v) is 0.625. The zero-order valence-corrected chi connectivity index (χ0v) is 5.65. The van der Waals surface area contributed by atoms with E-state index in [9.17, 15) is 21.6 Å². The van der Waals surface area contributed by atoms with Gasteiger partial charge in [0.25, 0.3) is 0 Å². The molecule has 0 unspecified atom stereocenters. The Labute approximate surface area is 59.6 Å². The Bertz CT molecular complexity index is 204.